The van der Waals surface area contributed by atoms with Crippen LogP contribution in [0.15, 0.2) is 28.4 Å². The molecule has 1 fully saturated rings. The van der Waals surface area contributed by atoms with E-state index in [1.807, 2.05) is 6.92 Å². The van der Waals surface area contributed by atoms with E-state index in [-0.39, 0.29) is 4.90 Å². The lowest BCUT2D eigenvalue weighted by Gasteiger charge is -2.26. The average Bonchev–Trinajstić information content (AvgIpc) is 2.92. The Balaban J connectivity index is 2.07. The molecule has 0 aliphatic carbocycles. The number of sulfonamides is 1. The van der Waals surface area contributed by atoms with Crippen molar-refractivity contribution in [2.75, 3.05) is 32.1 Å². The number of rotatable bonds is 4. The summed E-state index contributed by atoms with van der Waals surface area (Å²) in [6, 6.07) is 3.29. The van der Waals surface area contributed by atoms with Gasteiger partial charge >= 0.3 is 0 Å². The van der Waals surface area contributed by atoms with E-state index in [1.165, 1.54) is 16.1 Å². The second-order valence-corrected chi connectivity index (χ2v) is 7.64. The van der Waals surface area contributed by atoms with Crippen molar-refractivity contribution in [3.05, 3.63) is 18.3 Å². The number of morpholine rings is 1. The maximum atomic E-state index is 12.8. The molecule has 0 amide bonds. The summed E-state index contributed by atoms with van der Waals surface area (Å²) in [6.07, 6.45) is 1.78. The van der Waals surface area contributed by atoms with Crippen molar-refractivity contribution >= 4 is 27.4 Å². The lowest BCUT2D eigenvalue weighted by Crippen LogP contribution is -2.40. The minimum absolute atomic E-state index is 0.197. The van der Waals surface area contributed by atoms with Crippen LogP contribution in [0.4, 0.5) is 0 Å². The number of aromatic nitrogens is 3. The van der Waals surface area contributed by atoms with Crippen molar-refractivity contribution in [3.63, 3.8) is 0 Å². The van der Waals surface area contributed by atoms with Crippen molar-refractivity contribution in [1.29, 1.82) is 0 Å². The molecule has 3 heterocycles. The molecule has 0 unspecified atom stereocenters. The first-order valence-corrected chi connectivity index (χ1v) is 9.11. The molecule has 9 heteroatoms. The Morgan fingerprint density at radius 2 is 2.10 bits per heavy atom. The van der Waals surface area contributed by atoms with Crippen LogP contribution in [0.1, 0.15) is 6.92 Å². The van der Waals surface area contributed by atoms with Gasteiger partial charge in [0.2, 0.25) is 10.0 Å². The SMILES string of the molecule is CCSc1nnc2c(S(=O)(=O)N3CCOCC3)cccn12. The van der Waals surface area contributed by atoms with E-state index in [9.17, 15) is 8.42 Å². The molecule has 0 bridgehead atoms. The van der Waals surface area contributed by atoms with Crippen LogP contribution < -0.4 is 0 Å². The Labute approximate surface area is 127 Å². The molecule has 114 valence electrons. The van der Waals surface area contributed by atoms with Gasteiger partial charge in [-0.15, -0.1) is 10.2 Å². The van der Waals surface area contributed by atoms with Crippen molar-refractivity contribution in [2.24, 2.45) is 0 Å². The number of thioether (sulfide) groups is 1. The Morgan fingerprint density at radius 3 is 2.81 bits per heavy atom. The van der Waals surface area contributed by atoms with E-state index in [0.29, 0.717) is 37.1 Å². The van der Waals surface area contributed by atoms with E-state index < -0.39 is 10.0 Å². The number of pyridine rings is 1. The molecule has 0 aromatic carbocycles. The summed E-state index contributed by atoms with van der Waals surface area (Å²) >= 11 is 1.53. The van der Waals surface area contributed by atoms with Gasteiger partial charge in [-0.1, -0.05) is 18.7 Å². The van der Waals surface area contributed by atoms with Gasteiger partial charge in [-0.05, 0) is 17.9 Å². The van der Waals surface area contributed by atoms with Crippen LogP contribution >= 0.6 is 11.8 Å². The highest BCUT2D eigenvalue weighted by Gasteiger charge is 2.29. The minimum Gasteiger partial charge on any atom is -0.379 e. The first-order valence-electron chi connectivity index (χ1n) is 6.69. The molecular weight excluding hydrogens is 312 g/mol. The van der Waals surface area contributed by atoms with Crippen LogP contribution in [-0.4, -0.2) is 59.4 Å². The molecule has 1 aliphatic heterocycles. The fourth-order valence-electron chi connectivity index (χ4n) is 2.23. The van der Waals surface area contributed by atoms with Gasteiger partial charge < -0.3 is 4.74 Å². The highest BCUT2D eigenvalue weighted by atomic mass is 32.2. The summed E-state index contributed by atoms with van der Waals surface area (Å²) in [4.78, 5) is 0.197. The minimum atomic E-state index is -3.57. The highest BCUT2D eigenvalue weighted by Crippen LogP contribution is 2.24. The third-order valence-electron chi connectivity index (χ3n) is 3.23. The molecule has 2 aromatic heterocycles. The quantitative estimate of drug-likeness (QED) is 0.775. The van der Waals surface area contributed by atoms with Crippen LogP contribution in [0.3, 0.4) is 0 Å². The standard InChI is InChI=1S/C12H16N4O3S2/c1-2-20-12-14-13-11-10(4-3-5-16(11)12)21(17,18)15-6-8-19-9-7-15/h3-5H,2,6-9H2,1H3. The van der Waals surface area contributed by atoms with Gasteiger partial charge in [0.1, 0.15) is 4.90 Å². The van der Waals surface area contributed by atoms with E-state index in [4.69, 9.17) is 4.74 Å². The summed E-state index contributed by atoms with van der Waals surface area (Å²) in [6.45, 7) is 3.60. The normalized spacial score (nSPS) is 17.4. The van der Waals surface area contributed by atoms with E-state index >= 15 is 0 Å². The van der Waals surface area contributed by atoms with Gasteiger partial charge in [-0.2, -0.15) is 4.31 Å². The monoisotopic (exact) mass is 328 g/mol. The number of ether oxygens (including phenoxy) is 1. The fraction of sp³-hybridized carbons (Fsp3) is 0.500. The van der Waals surface area contributed by atoms with Crippen LogP contribution in [-0.2, 0) is 14.8 Å². The largest absolute Gasteiger partial charge is 0.379 e. The van der Waals surface area contributed by atoms with Crippen LogP contribution in [0.5, 0.6) is 0 Å². The summed E-state index contributed by atoms with van der Waals surface area (Å²) in [5, 5.41) is 8.83. The molecule has 0 spiro atoms. The lowest BCUT2D eigenvalue weighted by molar-refractivity contribution is 0.0730. The van der Waals surface area contributed by atoms with Gasteiger partial charge in [-0.3, -0.25) is 4.40 Å². The maximum absolute atomic E-state index is 12.8. The summed E-state index contributed by atoms with van der Waals surface area (Å²) in [5.41, 5.74) is 0.375. The molecule has 0 saturated carbocycles. The molecular formula is C12H16N4O3S2. The number of hydrogen-bond donors (Lipinski definition) is 0. The summed E-state index contributed by atoms with van der Waals surface area (Å²) in [7, 11) is -3.57. The fourth-order valence-corrected chi connectivity index (χ4v) is 4.40. The Hall–Kier alpha value is -1.16. The van der Waals surface area contributed by atoms with Crippen LogP contribution in [0.25, 0.3) is 5.65 Å². The zero-order valence-corrected chi connectivity index (χ0v) is 13.2. The zero-order valence-electron chi connectivity index (χ0n) is 11.6. The van der Waals surface area contributed by atoms with Crippen LogP contribution in [0.2, 0.25) is 0 Å². The van der Waals surface area contributed by atoms with Gasteiger partial charge in [0.25, 0.3) is 0 Å². The Kier molecular flexibility index (Phi) is 4.16. The third kappa shape index (κ3) is 2.66. The molecule has 1 aliphatic rings. The molecule has 21 heavy (non-hydrogen) atoms. The van der Waals surface area contributed by atoms with E-state index in [2.05, 4.69) is 10.2 Å². The zero-order chi connectivity index (χ0) is 14.9. The molecule has 0 N–H and O–H groups in total. The molecule has 7 nitrogen and oxygen atoms in total. The number of nitrogens with zero attached hydrogens (tertiary/aromatic N) is 4. The van der Waals surface area contributed by atoms with Crippen molar-refractivity contribution in [1.82, 2.24) is 18.9 Å². The Morgan fingerprint density at radius 1 is 1.33 bits per heavy atom. The van der Waals surface area contributed by atoms with Gasteiger partial charge in [0, 0.05) is 19.3 Å². The molecule has 0 radical (unpaired) electrons. The number of fused-ring (bicyclic) bond motifs is 1. The van der Waals surface area contributed by atoms with Gasteiger partial charge in [0.15, 0.2) is 10.8 Å². The highest BCUT2D eigenvalue weighted by molar-refractivity contribution is 7.99. The van der Waals surface area contributed by atoms with E-state index in [1.54, 1.807) is 22.7 Å². The molecule has 1 saturated heterocycles. The topological polar surface area (TPSA) is 76.8 Å². The molecule has 2 aromatic rings. The van der Waals surface area contributed by atoms with Crippen LogP contribution in [0, 0.1) is 0 Å². The van der Waals surface area contributed by atoms with Gasteiger partial charge in [0.05, 0.1) is 13.2 Å². The molecule has 0 atom stereocenters. The first kappa shape index (κ1) is 14.8. The number of hydrogen-bond acceptors (Lipinski definition) is 6. The second kappa shape index (κ2) is 5.91. The van der Waals surface area contributed by atoms with Crippen molar-refractivity contribution in [3.8, 4) is 0 Å². The average molecular weight is 328 g/mol. The summed E-state index contributed by atoms with van der Waals surface area (Å²) < 4.78 is 33.9. The smallest absolute Gasteiger partial charge is 0.247 e. The van der Waals surface area contributed by atoms with E-state index in [0.717, 1.165) is 5.75 Å². The predicted molar refractivity (Wildman–Crippen MR) is 79.0 cm³/mol. The predicted octanol–water partition coefficient (Wildman–Crippen LogP) is 0.862. The second-order valence-electron chi connectivity index (χ2n) is 4.50. The van der Waals surface area contributed by atoms with Gasteiger partial charge in [-0.25, -0.2) is 8.42 Å². The van der Waals surface area contributed by atoms with Crippen molar-refractivity contribution in [2.45, 2.75) is 17.0 Å². The maximum Gasteiger partial charge on any atom is 0.247 e. The van der Waals surface area contributed by atoms with Crippen molar-refractivity contribution < 1.29 is 13.2 Å². The third-order valence-corrected chi connectivity index (χ3v) is 5.97. The lowest BCUT2D eigenvalue weighted by atomic mass is 10.5. The first-order chi connectivity index (χ1) is 10.1. The Bertz CT molecular complexity index is 738. The summed E-state index contributed by atoms with van der Waals surface area (Å²) in [5.74, 6) is 0.848. The molecule has 3 rings (SSSR count).